The van der Waals surface area contributed by atoms with Gasteiger partial charge in [0.2, 0.25) is 12.7 Å². The van der Waals surface area contributed by atoms with E-state index in [1.54, 1.807) is 0 Å². The third-order valence-corrected chi connectivity index (χ3v) is 9.71. The standard InChI is InChI=1S/C30H36N4O3/c31-29(32)21-11-9-20(10-12-21)28-26-25(22-7-4-14-33(22)28)27(19-5-2-1-3-6-19)34(30(26)35)16-18-8-13-23-24(15-18)37-17-36-23/h8-13,15,19,22,25-28H,1-7,14,16-17H2,(H3,31,32)/t22-,25-,26-,27+,28-/m0/s1. The number of rotatable bonds is 5. The molecule has 1 aliphatic carbocycles. The van der Waals surface area contributed by atoms with Gasteiger partial charge in [-0.25, -0.2) is 0 Å². The molecule has 7 heteroatoms. The summed E-state index contributed by atoms with van der Waals surface area (Å²) in [4.78, 5) is 19.4. The number of nitrogens with zero attached hydrogens (tertiary/aromatic N) is 2. The number of nitrogen functional groups attached to an aromatic ring is 1. The number of nitrogens with one attached hydrogen (secondary N) is 1. The summed E-state index contributed by atoms with van der Waals surface area (Å²) < 4.78 is 11.2. The summed E-state index contributed by atoms with van der Waals surface area (Å²) >= 11 is 0. The summed E-state index contributed by atoms with van der Waals surface area (Å²) in [6.45, 7) is 1.95. The number of carbonyl (C=O) groups is 1. The van der Waals surface area contributed by atoms with Crippen molar-refractivity contribution in [2.75, 3.05) is 13.3 Å². The predicted molar refractivity (Wildman–Crippen MR) is 140 cm³/mol. The van der Waals surface area contributed by atoms with E-state index in [9.17, 15) is 4.79 Å². The molecule has 2 aromatic carbocycles. The van der Waals surface area contributed by atoms with E-state index in [2.05, 4.69) is 34.1 Å². The Balaban J connectivity index is 1.26. The highest BCUT2D eigenvalue weighted by molar-refractivity contribution is 5.95. The van der Waals surface area contributed by atoms with Crippen molar-refractivity contribution in [1.82, 2.24) is 9.80 Å². The lowest BCUT2D eigenvalue weighted by Crippen LogP contribution is -2.46. The fraction of sp³-hybridized carbons (Fsp3) is 0.533. The van der Waals surface area contributed by atoms with Gasteiger partial charge in [-0.3, -0.25) is 15.1 Å². The molecule has 2 aromatic rings. The molecular weight excluding hydrogens is 464 g/mol. The van der Waals surface area contributed by atoms with Crippen molar-refractivity contribution < 1.29 is 14.3 Å². The molecule has 1 amide bonds. The van der Waals surface area contributed by atoms with Gasteiger partial charge in [0.05, 0.1) is 5.92 Å². The number of amidine groups is 1. The molecular formula is C30H36N4O3. The van der Waals surface area contributed by atoms with Crippen LogP contribution in [0.1, 0.15) is 67.7 Å². The van der Waals surface area contributed by atoms with Gasteiger partial charge >= 0.3 is 0 Å². The van der Waals surface area contributed by atoms with Gasteiger partial charge < -0.3 is 20.1 Å². The van der Waals surface area contributed by atoms with Crippen molar-refractivity contribution in [1.29, 1.82) is 5.41 Å². The summed E-state index contributed by atoms with van der Waals surface area (Å²) in [6, 6.07) is 15.1. The second-order valence-electron chi connectivity index (χ2n) is 11.6. The lowest BCUT2D eigenvalue weighted by molar-refractivity contribution is -0.134. The Morgan fingerprint density at radius 2 is 1.76 bits per heavy atom. The van der Waals surface area contributed by atoms with Gasteiger partial charge in [0.25, 0.3) is 0 Å². The molecule has 194 valence electrons. The van der Waals surface area contributed by atoms with E-state index in [1.807, 2.05) is 18.2 Å². The minimum Gasteiger partial charge on any atom is -0.454 e. The van der Waals surface area contributed by atoms with Crippen LogP contribution < -0.4 is 15.2 Å². The molecule has 0 unspecified atom stereocenters. The van der Waals surface area contributed by atoms with Gasteiger partial charge in [-0.15, -0.1) is 0 Å². The van der Waals surface area contributed by atoms with Crippen LogP contribution in [-0.4, -0.2) is 47.0 Å². The fourth-order valence-corrected chi connectivity index (χ4v) is 8.24. The largest absolute Gasteiger partial charge is 0.454 e. The average molecular weight is 501 g/mol. The summed E-state index contributed by atoms with van der Waals surface area (Å²) in [5.74, 6) is 2.88. The topological polar surface area (TPSA) is 91.9 Å². The lowest BCUT2D eigenvalue weighted by Gasteiger charge is -2.39. The van der Waals surface area contributed by atoms with E-state index in [1.165, 1.54) is 50.5 Å². The minimum atomic E-state index is -0.0191. The predicted octanol–water partition coefficient (Wildman–Crippen LogP) is 4.44. The number of nitrogens with two attached hydrogens (primary N) is 1. The van der Waals surface area contributed by atoms with Crippen LogP contribution in [0.2, 0.25) is 0 Å². The monoisotopic (exact) mass is 500 g/mol. The average Bonchev–Trinajstić information content (AvgIpc) is 3.68. The highest BCUT2D eigenvalue weighted by Crippen LogP contribution is 2.57. The van der Waals surface area contributed by atoms with E-state index in [4.69, 9.17) is 20.6 Å². The molecule has 37 heavy (non-hydrogen) atoms. The second kappa shape index (κ2) is 9.05. The van der Waals surface area contributed by atoms with Gasteiger partial charge in [0, 0.05) is 36.2 Å². The van der Waals surface area contributed by atoms with Crippen molar-refractivity contribution in [3.05, 3.63) is 59.2 Å². The number of ether oxygens (including phenoxy) is 2. The Labute approximate surface area is 218 Å². The molecule has 4 heterocycles. The summed E-state index contributed by atoms with van der Waals surface area (Å²) in [5.41, 5.74) is 8.77. The molecule has 4 fully saturated rings. The summed E-state index contributed by atoms with van der Waals surface area (Å²) in [5, 5.41) is 7.79. The number of fused-ring (bicyclic) bond motifs is 4. The normalized spacial score (nSPS) is 31.1. The molecule has 4 aliphatic heterocycles. The Morgan fingerprint density at radius 3 is 2.54 bits per heavy atom. The van der Waals surface area contributed by atoms with Crippen molar-refractivity contribution in [2.24, 2.45) is 23.5 Å². The first-order chi connectivity index (χ1) is 18.1. The minimum absolute atomic E-state index is 0.0191. The molecule has 0 bridgehead atoms. The molecule has 5 aliphatic rings. The quantitative estimate of drug-likeness (QED) is 0.468. The SMILES string of the molecule is N=C(N)c1ccc([C@H]2[C@H]3C(=O)N(Cc4ccc5c(c4)OCO5)[C@H](C4CCCCC4)[C@H]3[C@@H]3CCCN32)cc1. The second-order valence-corrected chi connectivity index (χ2v) is 11.6. The number of likely N-dealkylation sites (tertiary alicyclic amines) is 1. The third-order valence-electron chi connectivity index (χ3n) is 9.71. The Kier molecular flexibility index (Phi) is 5.65. The third kappa shape index (κ3) is 3.73. The number of benzene rings is 2. The van der Waals surface area contributed by atoms with Gasteiger partial charge in [-0.05, 0) is 61.4 Å². The first kappa shape index (κ1) is 23.1. The molecule has 0 aromatic heterocycles. The Morgan fingerprint density at radius 1 is 0.973 bits per heavy atom. The zero-order chi connectivity index (χ0) is 25.1. The van der Waals surface area contributed by atoms with E-state index < -0.39 is 0 Å². The number of hydrogen-bond donors (Lipinski definition) is 2. The van der Waals surface area contributed by atoms with Crippen LogP contribution in [0.4, 0.5) is 0 Å². The molecule has 1 saturated carbocycles. The van der Waals surface area contributed by atoms with Crippen LogP contribution in [0.25, 0.3) is 0 Å². The van der Waals surface area contributed by atoms with Crippen molar-refractivity contribution in [3.8, 4) is 11.5 Å². The Hall–Kier alpha value is -3.06. The van der Waals surface area contributed by atoms with E-state index in [0.29, 0.717) is 30.3 Å². The van der Waals surface area contributed by atoms with E-state index >= 15 is 0 Å². The van der Waals surface area contributed by atoms with Crippen LogP contribution in [0.3, 0.4) is 0 Å². The zero-order valence-electron chi connectivity index (χ0n) is 21.3. The maximum Gasteiger partial charge on any atom is 0.231 e. The summed E-state index contributed by atoms with van der Waals surface area (Å²) in [6.07, 6.45) is 8.69. The van der Waals surface area contributed by atoms with Gasteiger partial charge in [0.1, 0.15) is 5.84 Å². The van der Waals surface area contributed by atoms with Gasteiger partial charge in [-0.2, -0.15) is 0 Å². The van der Waals surface area contributed by atoms with Crippen LogP contribution in [-0.2, 0) is 11.3 Å². The van der Waals surface area contributed by atoms with E-state index in [-0.39, 0.29) is 30.6 Å². The van der Waals surface area contributed by atoms with Crippen LogP contribution in [0, 0.1) is 23.2 Å². The van der Waals surface area contributed by atoms with Crippen LogP contribution in [0.5, 0.6) is 11.5 Å². The first-order valence-electron chi connectivity index (χ1n) is 14.0. The molecule has 7 rings (SSSR count). The number of carbonyl (C=O) groups excluding carboxylic acids is 1. The molecule has 3 N–H and O–H groups in total. The maximum atomic E-state index is 14.5. The molecule has 5 atom stereocenters. The lowest BCUT2D eigenvalue weighted by atomic mass is 9.74. The molecule has 0 spiro atoms. The van der Waals surface area contributed by atoms with Crippen molar-refractivity contribution in [2.45, 2.75) is 69.6 Å². The summed E-state index contributed by atoms with van der Waals surface area (Å²) in [7, 11) is 0. The van der Waals surface area contributed by atoms with Gasteiger partial charge in [0.15, 0.2) is 11.5 Å². The highest BCUT2D eigenvalue weighted by Gasteiger charge is 2.63. The number of hydrogen-bond acceptors (Lipinski definition) is 5. The maximum absolute atomic E-state index is 14.5. The molecule has 3 saturated heterocycles. The van der Waals surface area contributed by atoms with Gasteiger partial charge in [-0.1, -0.05) is 49.6 Å². The number of amides is 1. The first-order valence-corrected chi connectivity index (χ1v) is 14.0. The molecule has 0 radical (unpaired) electrons. The van der Waals surface area contributed by atoms with Crippen LogP contribution in [0.15, 0.2) is 42.5 Å². The smallest absolute Gasteiger partial charge is 0.231 e. The van der Waals surface area contributed by atoms with Crippen molar-refractivity contribution >= 4 is 11.7 Å². The zero-order valence-corrected chi connectivity index (χ0v) is 21.3. The fourth-order valence-electron chi connectivity index (χ4n) is 8.24. The van der Waals surface area contributed by atoms with E-state index in [0.717, 1.165) is 29.2 Å². The van der Waals surface area contributed by atoms with Crippen molar-refractivity contribution in [3.63, 3.8) is 0 Å². The van der Waals surface area contributed by atoms with Crippen LogP contribution >= 0.6 is 0 Å². The Bertz CT molecular complexity index is 1210. The molecule has 7 nitrogen and oxygen atoms in total. The highest BCUT2D eigenvalue weighted by atomic mass is 16.7.